The smallest absolute Gasteiger partial charge is 0.223 e. The molecule has 2 aliphatic heterocycles. The predicted octanol–water partition coefficient (Wildman–Crippen LogP) is 2.84. The number of nitrogens with zero attached hydrogens (tertiary/aromatic N) is 2. The Labute approximate surface area is 183 Å². The molecular formula is C19H39Cl3N4O. The molecule has 1 amide bonds. The molecule has 3 fully saturated rings. The summed E-state index contributed by atoms with van der Waals surface area (Å²) in [6.45, 7) is 5.51. The SMILES string of the molecule is CN1CCC(CNC(=O)C2CCCC(N)C2)(N2CCCCC2)CC1.Cl.Cl.Cl. The molecule has 8 heteroatoms. The van der Waals surface area contributed by atoms with Crippen LogP contribution in [0.1, 0.15) is 57.8 Å². The standard InChI is InChI=1S/C19H36N4O.3ClH/c1-22-12-8-19(9-13-22,23-10-3-2-4-11-23)15-21-18(24)16-6-5-7-17(20)14-16;;;/h16-17H,2-15,20H2,1H3,(H,21,24);3*1H. The molecule has 1 saturated carbocycles. The lowest BCUT2D eigenvalue weighted by Gasteiger charge is -2.50. The first-order valence-corrected chi connectivity index (χ1v) is 10.1. The maximum absolute atomic E-state index is 12.7. The van der Waals surface area contributed by atoms with E-state index in [1.165, 1.54) is 45.2 Å². The van der Waals surface area contributed by atoms with Crippen LogP contribution in [0.2, 0.25) is 0 Å². The molecule has 2 unspecified atom stereocenters. The second kappa shape index (κ2) is 12.7. The van der Waals surface area contributed by atoms with E-state index < -0.39 is 0 Å². The third-order valence-corrected chi connectivity index (χ3v) is 6.62. The monoisotopic (exact) mass is 444 g/mol. The Kier molecular flexibility index (Phi) is 12.8. The van der Waals surface area contributed by atoms with Gasteiger partial charge >= 0.3 is 0 Å². The normalized spacial score (nSPS) is 28.8. The molecule has 3 rings (SSSR count). The first-order valence-electron chi connectivity index (χ1n) is 10.1. The summed E-state index contributed by atoms with van der Waals surface area (Å²) in [6.07, 6.45) is 10.4. The third kappa shape index (κ3) is 7.20. The van der Waals surface area contributed by atoms with Gasteiger partial charge in [-0.15, -0.1) is 37.2 Å². The summed E-state index contributed by atoms with van der Waals surface area (Å²) in [7, 11) is 2.21. The van der Waals surface area contributed by atoms with Crippen LogP contribution < -0.4 is 11.1 Å². The number of nitrogens with one attached hydrogen (secondary N) is 1. The maximum atomic E-state index is 12.7. The highest BCUT2D eigenvalue weighted by atomic mass is 35.5. The second-order valence-corrected chi connectivity index (χ2v) is 8.42. The highest BCUT2D eigenvalue weighted by Gasteiger charge is 2.40. The van der Waals surface area contributed by atoms with Crippen LogP contribution in [0.5, 0.6) is 0 Å². The predicted molar refractivity (Wildman–Crippen MR) is 120 cm³/mol. The van der Waals surface area contributed by atoms with E-state index in [4.69, 9.17) is 5.73 Å². The molecule has 0 bridgehead atoms. The van der Waals surface area contributed by atoms with Gasteiger partial charge in [0.05, 0.1) is 0 Å². The summed E-state index contributed by atoms with van der Waals surface area (Å²) in [4.78, 5) is 17.8. The van der Waals surface area contributed by atoms with Gasteiger partial charge in [0.1, 0.15) is 0 Å². The van der Waals surface area contributed by atoms with Crippen molar-refractivity contribution < 1.29 is 4.79 Å². The molecular weight excluding hydrogens is 407 g/mol. The minimum Gasteiger partial charge on any atom is -0.354 e. The zero-order chi connectivity index (χ0) is 17.0. The largest absolute Gasteiger partial charge is 0.354 e. The van der Waals surface area contributed by atoms with Crippen molar-refractivity contribution in [2.24, 2.45) is 11.7 Å². The van der Waals surface area contributed by atoms with Gasteiger partial charge in [-0.05, 0) is 78.2 Å². The van der Waals surface area contributed by atoms with Crippen LogP contribution >= 0.6 is 37.2 Å². The number of carbonyl (C=O) groups excluding carboxylic acids is 1. The van der Waals surface area contributed by atoms with Crippen molar-refractivity contribution in [2.75, 3.05) is 39.8 Å². The number of likely N-dealkylation sites (tertiary alicyclic amines) is 2. The molecule has 2 saturated heterocycles. The average Bonchev–Trinajstić information content (AvgIpc) is 2.62. The van der Waals surface area contributed by atoms with Crippen molar-refractivity contribution in [1.82, 2.24) is 15.1 Å². The fourth-order valence-electron chi connectivity index (χ4n) is 4.87. The number of hydrogen-bond acceptors (Lipinski definition) is 4. The van der Waals surface area contributed by atoms with Gasteiger partial charge in [-0.2, -0.15) is 0 Å². The molecule has 2 atom stereocenters. The van der Waals surface area contributed by atoms with E-state index in [-0.39, 0.29) is 60.6 Å². The topological polar surface area (TPSA) is 61.6 Å². The number of amides is 1. The van der Waals surface area contributed by atoms with Crippen LogP contribution in [0.4, 0.5) is 0 Å². The molecule has 3 N–H and O–H groups in total. The summed E-state index contributed by atoms with van der Waals surface area (Å²) in [5.41, 5.74) is 6.25. The summed E-state index contributed by atoms with van der Waals surface area (Å²) in [5, 5.41) is 3.34. The van der Waals surface area contributed by atoms with Crippen LogP contribution in [0.3, 0.4) is 0 Å². The fraction of sp³-hybridized carbons (Fsp3) is 0.947. The minimum absolute atomic E-state index is 0. The highest BCUT2D eigenvalue weighted by Crippen LogP contribution is 2.31. The Balaban J connectivity index is 0.00000225. The van der Waals surface area contributed by atoms with Gasteiger partial charge in [0.25, 0.3) is 0 Å². The number of piperidine rings is 2. The Morgan fingerprint density at radius 2 is 1.63 bits per heavy atom. The summed E-state index contributed by atoms with van der Waals surface area (Å²) in [6, 6.07) is 0.217. The molecule has 162 valence electrons. The van der Waals surface area contributed by atoms with E-state index in [9.17, 15) is 4.79 Å². The Morgan fingerprint density at radius 3 is 2.22 bits per heavy atom. The summed E-state index contributed by atoms with van der Waals surface area (Å²) >= 11 is 0. The average molecular weight is 446 g/mol. The Morgan fingerprint density at radius 1 is 1.00 bits per heavy atom. The lowest BCUT2D eigenvalue weighted by Crippen LogP contribution is -2.61. The van der Waals surface area contributed by atoms with Crippen LogP contribution in [0.25, 0.3) is 0 Å². The second-order valence-electron chi connectivity index (χ2n) is 8.42. The number of halogens is 3. The first kappa shape index (κ1) is 27.2. The third-order valence-electron chi connectivity index (χ3n) is 6.62. The van der Waals surface area contributed by atoms with E-state index in [1.807, 2.05) is 0 Å². The van der Waals surface area contributed by atoms with Gasteiger partial charge < -0.3 is 16.0 Å². The van der Waals surface area contributed by atoms with Gasteiger partial charge in [-0.1, -0.05) is 12.8 Å². The number of rotatable bonds is 4. The van der Waals surface area contributed by atoms with E-state index in [2.05, 4.69) is 22.2 Å². The molecule has 0 aromatic heterocycles. The molecule has 3 aliphatic rings. The van der Waals surface area contributed by atoms with Gasteiger partial charge in [-0.3, -0.25) is 9.69 Å². The highest BCUT2D eigenvalue weighted by molar-refractivity contribution is 5.86. The van der Waals surface area contributed by atoms with Crippen molar-refractivity contribution >= 4 is 43.1 Å². The molecule has 0 spiro atoms. The van der Waals surface area contributed by atoms with Crippen molar-refractivity contribution in [2.45, 2.75) is 69.4 Å². The maximum Gasteiger partial charge on any atom is 0.223 e. The van der Waals surface area contributed by atoms with Gasteiger partial charge in [0, 0.05) is 24.0 Å². The zero-order valence-corrected chi connectivity index (χ0v) is 19.1. The van der Waals surface area contributed by atoms with E-state index in [0.29, 0.717) is 0 Å². The first-order chi connectivity index (χ1) is 11.6. The van der Waals surface area contributed by atoms with E-state index >= 15 is 0 Å². The van der Waals surface area contributed by atoms with Crippen molar-refractivity contribution in [3.63, 3.8) is 0 Å². The number of hydrogen-bond donors (Lipinski definition) is 2. The molecule has 5 nitrogen and oxygen atoms in total. The van der Waals surface area contributed by atoms with E-state index in [0.717, 1.165) is 45.3 Å². The molecule has 0 aromatic rings. The van der Waals surface area contributed by atoms with Gasteiger partial charge in [0.2, 0.25) is 5.91 Å². The van der Waals surface area contributed by atoms with Crippen molar-refractivity contribution in [3.05, 3.63) is 0 Å². The van der Waals surface area contributed by atoms with Gasteiger partial charge in [0.15, 0.2) is 0 Å². The van der Waals surface area contributed by atoms with Crippen LogP contribution in [-0.4, -0.2) is 67.1 Å². The fourth-order valence-corrected chi connectivity index (χ4v) is 4.87. The Hall–Kier alpha value is 0.220. The zero-order valence-electron chi connectivity index (χ0n) is 16.7. The quantitative estimate of drug-likeness (QED) is 0.698. The summed E-state index contributed by atoms with van der Waals surface area (Å²) in [5.74, 6) is 0.388. The lowest BCUT2D eigenvalue weighted by molar-refractivity contribution is -0.127. The molecule has 2 heterocycles. The minimum atomic E-state index is 0. The van der Waals surface area contributed by atoms with Crippen LogP contribution in [0, 0.1) is 5.92 Å². The molecule has 0 radical (unpaired) electrons. The van der Waals surface area contributed by atoms with Crippen molar-refractivity contribution in [1.29, 1.82) is 0 Å². The Bertz CT molecular complexity index is 427. The molecule has 1 aliphatic carbocycles. The number of carbonyl (C=O) groups is 1. The lowest BCUT2D eigenvalue weighted by atomic mass is 9.83. The van der Waals surface area contributed by atoms with Crippen LogP contribution in [-0.2, 0) is 4.79 Å². The van der Waals surface area contributed by atoms with Crippen LogP contribution in [0.15, 0.2) is 0 Å². The van der Waals surface area contributed by atoms with Crippen molar-refractivity contribution in [3.8, 4) is 0 Å². The van der Waals surface area contributed by atoms with Gasteiger partial charge in [-0.25, -0.2) is 0 Å². The number of nitrogens with two attached hydrogens (primary N) is 1. The summed E-state index contributed by atoms with van der Waals surface area (Å²) < 4.78 is 0. The molecule has 0 aromatic carbocycles. The molecule has 27 heavy (non-hydrogen) atoms. The van der Waals surface area contributed by atoms with E-state index in [1.54, 1.807) is 0 Å².